The molecule has 1 heterocycles. The van der Waals surface area contributed by atoms with Crippen molar-refractivity contribution in [1.82, 2.24) is 10.3 Å². The minimum atomic E-state index is -0.387. The average molecular weight is 400 g/mol. The van der Waals surface area contributed by atoms with Crippen molar-refractivity contribution in [3.05, 3.63) is 69.7 Å². The molecule has 0 unspecified atom stereocenters. The molecule has 0 spiro atoms. The van der Waals surface area contributed by atoms with Crippen molar-refractivity contribution in [1.29, 1.82) is 0 Å². The van der Waals surface area contributed by atoms with Crippen molar-refractivity contribution < 1.29 is 9.59 Å². The number of aromatic nitrogens is 1. The lowest BCUT2D eigenvalue weighted by molar-refractivity contribution is -0.115. The van der Waals surface area contributed by atoms with Gasteiger partial charge in [-0.3, -0.25) is 9.59 Å². The molecule has 0 radical (unpaired) electrons. The summed E-state index contributed by atoms with van der Waals surface area (Å²) in [5, 5.41) is 8.34. The van der Waals surface area contributed by atoms with E-state index in [4.69, 9.17) is 11.6 Å². The molecular formula is C20H18ClN3O2S. The van der Waals surface area contributed by atoms with Gasteiger partial charge in [0.2, 0.25) is 5.91 Å². The third-order valence-electron chi connectivity index (χ3n) is 3.99. The van der Waals surface area contributed by atoms with Crippen LogP contribution < -0.4 is 10.6 Å². The van der Waals surface area contributed by atoms with E-state index in [-0.39, 0.29) is 18.4 Å². The molecule has 0 saturated heterocycles. The summed E-state index contributed by atoms with van der Waals surface area (Å²) in [6.07, 6.45) is 0. The molecule has 2 aromatic carbocycles. The lowest BCUT2D eigenvalue weighted by atomic mass is 10.2. The molecule has 3 aromatic rings. The number of hydrogen-bond donors (Lipinski definition) is 2. The molecule has 0 aliphatic carbocycles. The van der Waals surface area contributed by atoms with Gasteiger partial charge in [0.25, 0.3) is 5.91 Å². The maximum Gasteiger partial charge on any atom is 0.271 e. The second-order valence-corrected chi connectivity index (χ2v) is 7.31. The van der Waals surface area contributed by atoms with Crippen molar-refractivity contribution in [2.45, 2.75) is 13.8 Å². The van der Waals surface area contributed by atoms with E-state index < -0.39 is 0 Å². The van der Waals surface area contributed by atoms with Crippen LogP contribution in [-0.4, -0.2) is 23.3 Å². The molecule has 0 fully saturated rings. The molecule has 2 N–H and O–H groups in total. The maximum absolute atomic E-state index is 12.3. The SMILES string of the molecule is Cc1ccc(-c2nc(C(=O)NCC(=O)Nc3cccc(Cl)c3C)cs2)cc1. The van der Waals surface area contributed by atoms with E-state index >= 15 is 0 Å². The van der Waals surface area contributed by atoms with Crippen molar-refractivity contribution in [2.24, 2.45) is 0 Å². The zero-order chi connectivity index (χ0) is 19.4. The van der Waals surface area contributed by atoms with Gasteiger partial charge in [0.15, 0.2) is 0 Å². The maximum atomic E-state index is 12.3. The molecule has 27 heavy (non-hydrogen) atoms. The van der Waals surface area contributed by atoms with Gasteiger partial charge in [-0.15, -0.1) is 11.3 Å². The lowest BCUT2D eigenvalue weighted by Gasteiger charge is -2.09. The molecular weight excluding hydrogens is 382 g/mol. The summed E-state index contributed by atoms with van der Waals surface area (Å²) >= 11 is 7.43. The zero-order valence-electron chi connectivity index (χ0n) is 14.9. The van der Waals surface area contributed by atoms with Crippen LogP contribution in [0.1, 0.15) is 21.6 Å². The van der Waals surface area contributed by atoms with Crippen molar-refractivity contribution in [2.75, 3.05) is 11.9 Å². The minimum absolute atomic E-state index is 0.151. The normalized spacial score (nSPS) is 10.5. The number of rotatable bonds is 5. The van der Waals surface area contributed by atoms with E-state index in [1.807, 2.05) is 38.1 Å². The number of benzene rings is 2. The Kier molecular flexibility index (Phi) is 5.88. The van der Waals surface area contributed by atoms with Gasteiger partial charge in [-0.05, 0) is 31.5 Å². The largest absolute Gasteiger partial charge is 0.342 e. The molecule has 3 rings (SSSR count). The number of halogens is 1. The fourth-order valence-corrected chi connectivity index (χ4v) is 3.38. The van der Waals surface area contributed by atoms with Crippen LogP contribution in [0.25, 0.3) is 10.6 Å². The standard InChI is InChI=1S/C20H18ClN3O2S/c1-12-6-8-14(9-7-12)20-24-17(11-27-20)19(26)22-10-18(25)23-16-5-3-4-15(21)13(16)2/h3-9,11H,10H2,1-2H3,(H,22,26)(H,23,25). The highest BCUT2D eigenvalue weighted by Gasteiger charge is 2.14. The van der Waals surface area contributed by atoms with Gasteiger partial charge in [-0.2, -0.15) is 0 Å². The summed E-state index contributed by atoms with van der Waals surface area (Å²) < 4.78 is 0. The number of aryl methyl sites for hydroxylation is 1. The van der Waals surface area contributed by atoms with Gasteiger partial charge >= 0.3 is 0 Å². The third kappa shape index (κ3) is 4.72. The summed E-state index contributed by atoms with van der Waals surface area (Å²) in [5.41, 5.74) is 3.81. The van der Waals surface area contributed by atoms with Crippen LogP contribution in [0.2, 0.25) is 5.02 Å². The molecule has 5 nitrogen and oxygen atoms in total. The average Bonchev–Trinajstić information content (AvgIpc) is 3.14. The summed E-state index contributed by atoms with van der Waals surface area (Å²) in [4.78, 5) is 28.7. The van der Waals surface area contributed by atoms with Crippen molar-refractivity contribution >= 4 is 40.4 Å². The Morgan fingerprint density at radius 3 is 2.59 bits per heavy atom. The highest BCUT2D eigenvalue weighted by atomic mass is 35.5. The number of nitrogens with zero attached hydrogens (tertiary/aromatic N) is 1. The molecule has 0 aliphatic heterocycles. The fraction of sp³-hybridized carbons (Fsp3) is 0.150. The summed E-state index contributed by atoms with van der Waals surface area (Å²) in [6.45, 7) is 3.68. The Morgan fingerprint density at radius 1 is 1.11 bits per heavy atom. The quantitative estimate of drug-likeness (QED) is 0.665. The summed E-state index contributed by atoms with van der Waals surface area (Å²) in [5.74, 6) is -0.717. The lowest BCUT2D eigenvalue weighted by Crippen LogP contribution is -2.33. The van der Waals surface area contributed by atoms with Gasteiger partial charge in [0, 0.05) is 21.7 Å². The molecule has 2 amide bonds. The van der Waals surface area contributed by atoms with Gasteiger partial charge in [0.05, 0.1) is 6.54 Å². The van der Waals surface area contributed by atoms with Crippen LogP contribution in [0, 0.1) is 13.8 Å². The molecule has 138 valence electrons. The predicted molar refractivity (Wildman–Crippen MR) is 109 cm³/mol. The minimum Gasteiger partial charge on any atom is -0.342 e. The Labute approximate surface area is 166 Å². The monoisotopic (exact) mass is 399 g/mol. The van der Waals surface area contributed by atoms with Crippen LogP contribution in [0.5, 0.6) is 0 Å². The smallest absolute Gasteiger partial charge is 0.271 e. The van der Waals surface area contributed by atoms with Crippen LogP contribution in [-0.2, 0) is 4.79 Å². The fourth-order valence-electron chi connectivity index (χ4n) is 2.40. The second kappa shape index (κ2) is 8.33. The number of thiazole rings is 1. The Balaban J connectivity index is 1.58. The van der Waals surface area contributed by atoms with Gasteiger partial charge < -0.3 is 10.6 Å². The first-order valence-corrected chi connectivity index (χ1v) is 9.55. The molecule has 0 saturated carbocycles. The zero-order valence-corrected chi connectivity index (χ0v) is 16.4. The van der Waals surface area contributed by atoms with E-state index in [9.17, 15) is 9.59 Å². The number of carbonyl (C=O) groups excluding carboxylic acids is 2. The first kappa shape index (κ1) is 19.1. The Bertz CT molecular complexity index is 983. The molecule has 0 bridgehead atoms. The summed E-state index contributed by atoms with van der Waals surface area (Å²) in [7, 11) is 0. The number of carbonyl (C=O) groups is 2. The summed E-state index contributed by atoms with van der Waals surface area (Å²) in [6, 6.07) is 13.2. The number of nitrogens with one attached hydrogen (secondary N) is 2. The van der Waals surface area contributed by atoms with Crippen LogP contribution in [0.15, 0.2) is 47.8 Å². The number of anilines is 1. The Hall–Kier alpha value is -2.70. The van der Waals surface area contributed by atoms with Gasteiger partial charge in [-0.25, -0.2) is 4.98 Å². The topological polar surface area (TPSA) is 71.1 Å². The van der Waals surface area contributed by atoms with Crippen molar-refractivity contribution in [3.8, 4) is 10.6 Å². The first-order valence-electron chi connectivity index (χ1n) is 8.30. The van der Waals surface area contributed by atoms with Crippen LogP contribution in [0.4, 0.5) is 5.69 Å². The molecule has 0 atom stereocenters. The second-order valence-electron chi connectivity index (χ2n) is 6.05. The number of amides is 2. The molecule has 7 heteroatoms. The third-order valence-corrected chi connectivity index (χ3v) is 5.29. The molecule has 0 aliphatic rings. The predicted octanol–water partition coefficient (Wildman–Crippen LogP) is 4.45. The van der Waals surface area contributed by atoms with E-state index in [2.05, 4.69) is 15.6 Å². The van der Waals surface area contributed by atoms with Crippen LogP contribution >= 0.6 is 22.9 Å². The molecule has 1 aromatic heterocycles. The van der Waals surface area contributed by atoms with E-state index in [0.29, 0.717) is 16.4 Å². The van der Waals surface area contributed by atoms with Gasteiger partial charge in [0.1, 0.15) is 10.7 Å². The first-order chi connectivity index (χ1) is 12.9. The number of hydrogen-bond acceptors (Lipinski definition) is 4. The van der Waals surface area contributed by atoms with Crippen LogP contribution in [0.3, 0.4) is 0 Å². The highest BCUT2D eigenvalue weighted by Crippen LogP contribution is 2.24. The highest BCUT2D eigenvalue weighted by molar-refractivity contribution is 7.13. The van der Waals surface area contributed by atoms with Crippen molar-refractivity contribution in [3.63, 3.8) is 0 Å². The van der Waals surface area contributed by atoms with E-state index in [1.54, 1.807) is 23.6 Å². The Morgan fingerprint density at radius 2 is 1.85 bits per heavy atom. The van der Waals surface area contributed by atoms with E-state index in [1.165, 1.54) is 11.3 Å². The van der Waals surface area contributed by atoms with E-state index in [0.717, 1.165) is 21.7 Å². The van der Waals surface area contributed by atoms with Gasteiger partial charge in [-0.1, -0.05) is 47.5 Å².